The zero-order valence-electron chi connectivity index (χ0n) is 12.6. The number of halogens is 3. The zero-order chi connectivity index (χ0) is 16.8. The molecule has 1 aromatic heterocycles. The van der Waals surface area contributed by atoms with Crippen LogP contribution in [0, 0.1) is 18.6 Å². The molecule has 0 radical (unpaired) electrons. The number of benzene rings is 2. The van der Waals surface area contributed by atoms with Gasteiger partial charge in [-0.05, 0) is 37.3 Å². The molecular formula is C17H11ClF2N4. The Kier molecular flexibility index (Phi) is 3.42. The lowest BCUT2D eigenvalue weighted by atomic mass is 9.99. The van der Waals surface area contributed by atoms with Crippen LogP contribution < -0.4 is 0 Å². The molecule has 0 bridgehead atoms. The van der Waals surface area contributed by atoms with Gasteiger partial charge in [-0.1, -0.05) is 17.7 Å². The third-order valence-electron chi connectivity index (χ3n) is 3.92. The van der Waals surface area contributed by atoms with Crippen molar-refractivity contribution in [3.05, 3.63) is 75.8 Å². The van der Waals surface area contributed by atoms with Crippen molar-refractivity contribution in [2.45, 2.75) is 13.5 Å². The minimum absolute atomic E-state index is 0.163. The average Bonchev–Trinajstić information content (AvgIpc) is 2.83. The third kappa shape index (κ3) is 2.22. The standard InChI is InChI=1S/C17H11ClF2N4/c1-9-22-23-15-8-21-17(16-12(19)3-2-4-13(16)20)11-7-10(18)5-6-14(11)24(9)15/h2-7H,8H2,1H3. The summed E-state index contributed by atoms with van der Waals surface area (Å²) in [5.74, 6) is -0.0787. The summed E-state index contributed by atoms with van der Waals surface area (Å²) in [5, 5.41) is 8.60. The fraction of sp³-hybridized carbons (Fsp3) is 0.118. The highest BCUT2D eigenvalue weighted by Gasteiger charge is 2.25. The van der Waals surface area contributed by atoms with Crippen molar-refractivity contribution in [1.82, 2.24) is 14.8 Å². The molecule has 24 heavy (non-hydrogen) atoms. The first-order valence-electron chi connectivity index (χ1n) is 7.26. The van der Waals surface area contributed by atoms with Gasteiger partial charge in [0.25, 0.3) is 0 Å². The molecule has 4 rings (SSSR count). The van der Waals surface area contributed by atoms with Gasteiger partial charge >= 0.3 is 0 Å². The second kappa shape index (κ2) is 5.49. The van der Waals surface area contributed by atoms with Gasteiger partial charge < -0.3 is 0 Å². The average molecular weight is 345 g/mol. The number of hydrogen-bond acceptors (Lipinski definition) is 3. The van der Waals surface area contributed by atoms with E-state index in [4.69, 9.17) is 11.6 Å². The molecule has 2 aromatic carbocycles. The lowest BCUT2D eigenvalue weighted by Gasteiger charge is -2.13. The van der Waals surface area contributed by atoms with Crippen LogP contribution in [-0.2, 0) is 6.54 Å². The van der Waals surface area contributed by atoms with Gasteiger partial charge in [-0.15, -0.1) is 10.2 Å². The van der Waals surface area contributed by atoms with Crippen LogP contribution in [0.4, 0.5) is 8.78 Å². The van der Waals surface area contributed by atoms with Crippen LogP contribution in [0.5, 0.6) is 0 Å². The molecule has 0 saturated heterocycles. The monoisotopic (exact) mass is 344 g/mol. The molecule has 0 spiro atoms. The number of rotatable bonds is 1. The molecule has 0 saturated carbocycles. The van der Waals surface area contributed by atoms with Gasteiger partial charge in [0.15, 0.2) is 5.82 Å². The summed E-state index contributed by atoms with van der Waals surface area (Å²) in [6, 6.07) is 8.88. The normalized spacial score (nSPS) is 13.1. The van der Waals surface area contributed by atoms with Crippen molar-refractivity contribution < 1.29 is 8.78 Å². The van der Waals surface area contributed by atoms with Gasteiger partial charge in [-0.25, -0.2) is 8.78 Å². The number of nitrogens with zero attached hydrogens (tertiary/aromatic N) is 4. The molecule has 3 aromatic rings. The molecule has 0 aliphatic carbocycles. The topological polar surface area (TPSA) is 43.1 Å². The maximum absolute atomic E-state index is 14.3. The van der Waals surface area contributed by atoms with Crippen LogP contribution in [0.2, 0.25) is 5.02 Å². The maximum Gasteiger partial charge on any atom is 0.159 e. The molecule has 2 heterocycles. The molecule has 0 fully saturated rings. The zero-order valence-corrected chi connectivity index (χ0v) is 13.3. The van der Waals surface area contributed by atoms with Crippen LogP contribution in [0.1, 0.15) is 22.8 Å². The van der Waals surface area contributed by atoms with E-state index in [-0.39, 0.29) is 17.8 Å². The van der Waals surface area contributed by atoms with Crippen molar-refractivity contribution in [1.29, 1.82) is 0 Å². The Labute approximate surface area is 141 Å². The molecule has 1 aliphatic heterocycles. The van der Waals surface area contributed by atoms with Gasteiger partial charge in [-0.3, -0.25) is 9.56 Å². The summed E-state index contributed by atoms with van der Waals surface area (Å²) in [7, 11) is 0. The molecule has 0 amide bonds. The largest absolute Gasteiger partial charge is 0.281 e. The van der Waals surface area contributed by atoms with Crippen LogP contribution >= 0.6 is 11.6 Å². The second-order valence-electron chi connectivity index (χ2n) is 5.42. The minimum atomic E-state index is -0.672. The number of fused-ring (bicyclic) bond motifs is 3. The van der Waals surface area contributed by atoms with E-state index < -0.39 is 11.6 Å². The summed E-state index contributed by atoms with van der Waals surface area (Å²) in [5.41, 5.74) is 1.27. The fourth-order valence-corrected chi connectivity index (χ4v) is 3.06. The molecular weight excluding hydrogens is 334 g/mol. The maximum atomic E-state index is 14.3. The Bertz CT molecular complexity index is 974. The Morgan fingerprint density at radius 3 is 2.58 bits per heavy atom. The van der Waals surface area contributed by atoms with E-state index in [1.165, 1.54) is 18.2 Å². The van der Waals surface area contributed by atoms with Crippen LogP contribution in [-0.4, -0.2) is 20.5 Å². The van der Waals surface area contributed by atoms with Gasteiger partial charge in [-0.2, -0.15) is 0 Å². The van der Waals surface area contributed by atoms with Gasteiger partial charge in [0, 0.05) is 10.6 Å². The number of aromatic nitrogens is 3. The van der Waals surface area contributed by atoms with Crippen molar-refractivity contribution >= 4 is 17.3 Å². The molecule has 0 N–H and O–H groups in total. The summed E-state index contributed by atoms with van der Waals surface area (Å²) in [6.07, 6.45) is 0. The van der Waals surface area contributed by atoms with Crippen LogP contribution in [0.25, 0.3) is 5.69 Å². The molecule has 0 unspecified atom stereocenters. The lowest BCUT2D eigenvalue weighted by molar-refractivity contribution is 0.579. The predicted molar refractivity (Wildman–Crippen MR) is 86.8 cm³/mol. The summed E-state index contributed by atoms with van der Waals surface area (Å²) in [6.45, 7) is 1.97. The van der Waals surface area contributed by atoms with E-state index in [0.29, 0.717) is 27.9 Å². The summed E-state index contributed by atoms with van der Waals surface area (Å²) < 4.78 is 30.4. The van der Waals surface area contributed by atoms with Crippen molar-refractivity contribution in [2.24, 2.45) is 4.99 Å². The van der Waals surface area contributed by atoms with E-state index in [2.05, 4.69) is 15.2 Å². The highest BCUT2D eigenvalue weighted by molar-refractivity contribution is 6.31. The Balaban J connectivity index is 2.05. The first-order valence-corrected chi connectivity index (χ1v) is 7.64. The van der Waals surface area contributed by atoms with E-state index >= 15 is 0 Å². The number of aliphatic imine (C=N–C) groups is 1. The summed E-state index contributed by atoms with van der Waals surface area (Å²) in [4.78, 5) is 4.41. The third-order valence-corrected chi connectivity index (χ3v) is 4.16. The molecule has 120 valence electrons. The first kappa shape index (κ1) is 15.0. The Morgan fingerprint density at radius 2 is 1.83 bits per heavy atom. The SMILES string of the molecule is Cc1nnc2n1-c1ccc(Cl)cc1C(c1c(F)cccc1F)=NC2. The van der Waals surface area contributed by atoms with Crippen LogP contribution in [0.15, 0.2) is 41.4 Å². The minimum Gasteiger partial charge on any atom is -0.281 e. The predicted octanol–water partition coefficient (Wildman–Crippen LogP) is 3.86. The van der Waals surface area contributed by atoms with Gasteiger partial charge in [0.1, 0.15) is 24.0 Å². The van der Waals surface area contributed by atoms with Crippen LogP contribution in [0.3, 0.4) is 0 Å². The lowest BCUT2D eigenvalue weighted by Crippen LogP contribution is -2.11. The fourth-order valence-electron chi connectivity index (χ4n) is 2.89. The quantitative estimate of drug-likeness (QED) is 0.672. The van der Waals surface area contributed by atoms with Crippen molar-refractivity contribution in [2.75, 3.05) is 0 Å². The second-order valence-corrected chi connectivity index (χ2v) is 5.86. The number of aryl methyl sites for hydroxylation is 1. The smallest absolute Gasteiger partial charge is 0.159 e. The summed E-state index contributed by atoms with van der Waals surface area (Å²) >= 11 is 6.12. The Hall–Kier alpha value is -2.60. The molecule has 1 aliphatic rings. The number of hydrogen-bond donors (Lipinski definition) is 0. The molecule has 0 atom stereocenters. The molecule has 4 nitrogen and oxygen atoms in total. The van der Waals surface area contributed by atoms with E-state index in [0.717, 1.165) is 0 Å². The Morgan fingerprint density at radius 1 is 1.08 bits per heavy atom. The van der Waals surface area contributed by atoms with E-state index in [9.17, 15) is 8.78 Å². The van der Waals surface area contributed by atoms with Crippen molar-refractivity contribution in [3.8, 4) is 5.69 Å². The van der Waals surface area contributed by atoms with Crippen molar-refractivity contribution in [3.63, 3.8) is 0 Å². The van der Waals surface area contributed by atoms with E-state index in [1.807, 2.05) is 11.5 Å². The highest BCUT2D eigenvalue weighted by atomic mass is 35.5. The first-order chi connectivity index (χ1) is 11.6. The highest BCUT2D eigenvalue weighted by Crippen LogP contribution is 2.29. The van der Waals surface area contributed by atoms with Gasteiger partial charge in [0.2, 0.25) is 0 Å². The van der Waals surface area contributed by atoms with E-state index in [1.54, 1.807) is 18.2 Å². The van der Waals surface area contributed by atoms with Gasteiger partial charge in [0.05, 0.1) is 17.0 Å². The molecule has 7 heteroatoms.